The maximum atomic E-state index is 13.5. The van der Waals surface area contributed by atoms with Crippen LogP contribution < -0.4 is 4.74 Å². The minimum Gasteiger partial charge on any atom is -0.494 e. The molecule has 1 aromatic carbocycles. The summed E-state index contributed by atoms with van der Waals surface area (Å²) in [5.41, 5.74) is 1.10. The Labute approximate surface area is 108 Å². The summed E-state index contributed by atoms with van der Waals surface area (Å²) >= 11 is 5.61. The average Bonchev–Trinajstić information content (AvgIpc) is 2.87. The molecule has 6 heteroatoms. The van der Waals surface area contributed by atoms with Crippen LogP contribution in [0.1, 0.15) is 11.3 Å². The lowest BCUT2D eigenvalue weighted by Gasteiger charge is -2.05. The zero-order chi connectivity index (χ0) is 13.1. The summed E-state index contributed by atoms with van der Waals surface area (Å²) in [5.74, 6) is -0.0211. The van der Waals surface area contributed by atoms with Crippen LogP contribution in [0.25, 0.3) is 11.3 Å². The molecule has 0 atom stereocenters. The summed E-state index contributed by atoms with van der Waals surface area (Å²) in [7, 11) is 1.35. The number of aromatic nitrogens is 1. The SMILES string of the molecule is COc1cc(-c2cc(CCl)no2)c(C#N)cc1F. The zero-order valence-electron chi connectivity index (χ0n) is 9.41. The molecule has 18 heavy (non-hydrogen) atoms. The van der Waals surface area contributed by atoms with Crippen LogP contribution in [0, 0.1) is 17.1 Å². The highest BCUT2D eigenvalue weighted by Gasteiger charge is 2.15. The van der Waals surface area contributed by atoms with Crippen molar-refractivity contribution in [3.05, 3.63) is 35.3 Å². The fourth-order valence-electron chi connectivity index (χ4n) is 1.51. The Bertz CT molecular complexity index is 619. The van der Waals surface area contributed by atoms with Crippen LogP contribution in [0.3, 0.4) is 0 Å². The molecule has 92 valence electrons. The number of benzene rings is 1. The fourth-order valence-corrected chi connectivity index (χ4v) is 1.63. The van der Waals surface area contributed by atoms with Gasteiger partial charge in [0, 0.05) is 11.6 Å². The molecule has 0 aliphatic carbocycles. The molecule has 0 saturated heterocycles. The smallest absolute Gasteiger partial charge is 0.168 e. The molecule has 0 radical (unpaired) electrons. The highest BCUT2D eigenvalue weighted by molar-refractivity contribution is 6.16. The number of rotatable bonds is 3. The van der Waals surface area contributed by atoms with E-state index >= 15 is 0 Å². The molecule has 2 rings (SSSR count). The molecule has 0 aliphatic heterocycles. The van der Waals surface area contributed by atoms with Gasteiger partial charge in [-0.05, 0) is 12.1 Å². The van der Waals surface area contributed by atoms with Crippen LogP contribution in [-0.2, 0) is 5.88 Å². The monoisotopic (exact) mass is 266 g/mol. The van der Waals surface area contributed by atoms with Crippen molar-refractivity contribution in [2.75, 3.05) is 7.11 Å². The number of nitrogens with zero attached hydrogens (tertiary/aromatic N) is 2. The van der Waals surface area contributed by atoms with Gasteiger partial charge in [-0.15, -0.1) is 11.6 Å². The van der Waals surface area contributed by atoms with Gasteiger partial charge in [-0.25, -0.2) is 4.39 Å². The summed E-state index contributed by atoms with van der Waals surface area (Å²) < 4.78 is 23.4. The van der Waals surface area contributed by atoms with Gasteiger partial charge in [0.2, 0.25) is 0 Å². The van der Waals surface area contributed by atoms with E-state index < -0.39 is 5.82 Å². The number of nitriles is 1. The molecule has 0 amide bonds. The van der Waals surface area contributed by atoms with Crippen LogP contribution in [0.15, 0.2) is 22.7 Å². The van der Waals surface area contributed by atoms with Crippen molar-refractivity contribution in [3.8, 4) is 23.1 Å². The molecule has 1 heterocycles. The van der Waals surface area contributed by atoms with Crippen molar-refractivity contribution in [1.29, 1.82) is 5.26 Å². The van der Waals surface area contributed by atoms with E-state index in [1.54, 1.807) is 6.07 Å². The molecule has 2 aromatic rings. The van der Waals surface area contributed by atoms with Gasteiger partial charge in [-0.1, -0.05) is 5.16 Å². The molecule has 0 N–H and O–H groups in total. The van der Waals surface area contributed by atoms with Crippen molar-refractivity contribution < 1.29 is 13.7 Å². The zero-order valence-corrected chi connectivity index (χ0v) is 10.2. The average molecular weight is 267 g/mol. The third kappa shape index (κ3) is 2.15. The van der Waals surface area contributed by atoms with E-state index in [2.05, 4.69) is 5.16 Å². The highest BCUT2D eigenvalue weighted by Crippen LogP contribution is 2.30. The molecule has 0 saturated carbocycles. The van der Waals surface area contributed by atoms with E-state index in [-0.39, 0.29) is 17.2 Å². The lowest BCUT2D eigenvalue weighted by atomic mass is 10.1. The topological polar surface area (TPSA) is 59.1 Å². The van der Waals surface area contributed by atoms with Gasteiger partial charge in [0.25, 0.3) is 0 Å². The Balaban J connectivity index is 2.58. The van der Waals surface area contributed by atoms with E-state index in [0.717, 1.165) is 6.07 Å². The van der Waals surface area contributed by atoms with E-state index in [4.69, 9.17) is 26.1 Å². The third-order valence-corrected chi connectivity index (χ3v) is 2.65. The Hall–Kier alpha value is -2.06. The van der Waals surface area contributed by atoms with E-state index in [1.807, 2.05) is 6.07 Å². The Morgan fingerprint density at radius 2 is 2.28 bits per heavy atom. The number of hydrogen-bond donors (Lipinski definition) is 0. The summed E-state index contributed by atoms with van der Waals surface area (Å²) in [6.07, 6.45) is 0. The number of ether oxygens (including phenoxy) is 1. The third-order valence-electron chi connectivity index (χ3n) is 2.37. The van der Waals surface area contributed by atoms with Crippen molar-refractivity contribution in [1.82, 2.24) is 5.16 Å². The van der Waals surface area contributed by atoms with Crippen LogP contribution in [0.2, 0.25) is 0 Å². The van der Waals surface area contributed by atoms with Crippen molar-refractivity contribution in [2.24, 2.45) is 0 Å². The van der Waals surface area contributed by atoms with Crippen molar-refractivity contribution in [3.63, 3.8) is 0 Å². The second-order valence-corrected chi connectivity index (χ2v) is 3.73. The van der Waals surface area contributed by atoms with E-state index in [0.29, 0.717) is 17.0 Å². The first-order valence-corrected chi connectivity index (χ1v) is 5.52. The second-order valence-electron chi connectivity index (χ2n) is 3.46. The molecule has 0 spiro atoms. The Morgan fingerprint density at radius 3 is 2.83 bits per heavy atom. The number of hydrogen-bond acceptors (Lipinski definition) is 4. The number of methoxy groups -OCH3 is 1. The van der Waals surface area contributed by atoms with E-state index in [9.17, 15) is 4.39 Å². The maximum Gasteiger partial charge on any atom is 0.168 e. The first kappa shape index (κ1) is 12.4. The van der Waals surface area contributed by atoms with E-state index in [1.165, 1.54) is 13.2 Å². The molecule has 0 bridgehead atoms. The summed E-state index contributed by atoms with van der Waals surface area (Å²) in [5, 5.41) is 12.7. The molecule has 0 unspecified atom stereocenters. The van der Waals surface area contributed by atoms with Crippen LogP contribution in [0.4, 0.5) is 4.39 Å². The standard InChI is InChI=1S/C12H8ClFN2O2/c1-17-12-4-9(7(6-15)2-10(12)14)11-3-8(5-13)16-18-11/h2-4H,5H2,1H3. The molecule has 0 aliphatic rings. The first-order chi connectivity index (χ1) is 8.69. The molecular weight excluding hydrogens is 259 g/mol. The normalized spacial score (nSPS) is 10.1. The molecule has 1 aromatic heterocycles. The van der Waals surface area contributed by atoms with Gasteiger partial charge in [-0.3, -0.25) is 0 Å². The Morgan fingerprint density at radius 1 is 1.50 bits per heavy atom. The number of halogens is 2. The highest BCUT2D eigenvalue weighted by atomic mass is 35.5. The van der Waals surface area contributed by atoms with Crippen molar-refractivity contribution in [2.45, 2.75) is 5.88 Å². The predicted molar refractivity (Wildman–Crippen MR) is 62.7 cm³/mol. The summed E-state index contributed by atoms with van der Waals surface area (Å²) in [4.78, 5) is 0. The van der Waals surface area contributed by atoms with Crippen LogP contribution in [0.5, 0.6) is 5.75 Å². The van der Waals surface area contributed by atoms with Gasteiger partial charge >= 0.3 is 0 Å². The minimum absolute atomic E-state index is 0.0350. The van der Waals surface area contributed by atoms with Crippen LogP contribution in [-0.4, -0.2) is 12.3 Å². The number of alkyl halides is 1. The van der Waals surface area contributed by atoms with Gasteiger partial charge in [0.1, 0.15) is 6.07 Å². The maximum absolute atomic E-state index is 13.5. The summed E-state index contributed by atoms with van der Waals surface area (Å²) in [6.45, 7) is 0. The Kier molecular flexibility index (Phi) is 3.49. The lowest BCUT2D eigenvalue weighted by Crippen LogP contribution is -1.92. The van der Waals surface area contributed by atoms with Crippen LogP contribution >= 0.6 is 11.6 Å². The minimum atomic E-state index is -0.602. The van der Waals surface area contributed by atoms with Gasteiger partial charge in [0.05, 0.1) is 24.2 Å². The molecule has 0 fully saturated rings. The van der Waals surface area contributed by atoms with Crippen molar-refractivity contribution >= 4 is 11.6 Å². The van der Waals surface area contributed by atoms with Gasteiger partial charge in [0.15, 0.2) is 17.3 Å². The lowest BCUT2D eigenvalue weighted by molar-refractivity contribution is 0.386. The molecule has 4 nitrogen and oxygen atoms in total. The first-order valence-electron chi connectivity index (χ1n) is 4.99. The van der Waals surface area contributed by atoms with Gasteiger partial charge in [-0.2, -0.15) is 5.26 Å². The quantitative estimate of drug-likeness (QED) is 0.801. The van der Waals surface area contributed by atoms with Gasteiger partial charge < -0.3 is 9.26 Å². The second kappa shape index (κ2) is 5.07. The molecular formula is C12H8ClFN2O2. The predicted octanol–water partition coefficient (Wildman–Crippen LogP) is 3.10. The summed E-state index contributed by atoms with van der Waals surface area (Å²) in [6, 6.07) is 5.98. The fraction of sp³-hybridized carbons (Fsp3) is 0.167. The largest absolute Gasteiger partial charge is 0.494 e.